The van der Waals surface area contributed by atoms with Crippen molar-refractivity contribution in [2.24, 2.45) is 0 Å². The summed E-state index contributed by atoms with van der Waals surface area (Å²) in [6.45, 7) is 9.48. The quantitative estimate of drug-likeness (QED) is 0.699. The van der Waals surface area contributed by atoms with Crippen molar-refractivity contribution < 1.29 is 9.47 Å². The van der Waals surface area contributed by atoms with Crippen molar-refractivity contribution in [2.45, 2.75) is 51.9 Å². The minimum Gasteiger partial charge on any atom is -0.382 e. The van der Waals surface area contributed by atoms with E-state index in [-0.39, 0.29) is 6.10 Å². The van der Waals surface area contributed by atoms with Crippen LogP contribution < -0.4 is 0 Å². The molecule has 1 fully saturated rings. The van der Waals surface area contributed by atoms with Gasteiger partial charge in [0.05, 0.1) is 18.8 Å². The summed E-state index contributed by atoms with van der Waals surface area (Å²) < 4.78 is 11.0. The van der Waals surface area contributed by atoms with E-state index in [0.717, 1.165) is 13.1 Å². The molecular weight excluding hydrogens is 190 g/mol. The predicted molar refractivity (Wildman–Crippen MR) is 62.2 cm³/mol. The summed E-state index contributed by atoms with van der Waals surface area (Å²) in [5.41, 5.74) is 0. The van der Waals surface area contributed by atoms with E-state index in [1.165, 1.54) is 12.8 Å². The normalized spacial score (nSPS) is 30.4. The van der Waals surface area contributed by atoms with E-state index in [1.807, 2.05) is 0 Å². The van der Waals surface area contributed by atoms with Crippen molar-refractivity contribution in [1.29, 1.82) is 0 Å². The number of rotatable bonds is 5. The van der Waals surface area contributed by atoms with Gasteiger partial charge in [-0.05, 0) is 20.3 Å². The fourth-order valence-corrected chi connectivity index (χ4v) is 2.32. The number of nitrogens with zero attached hydrogens (tertiary/aromatic N) is 1. The average Bonchev–Trinajstić information content (AvgIpc) is 2.17. The van der Waals surface area contributed by atoms with Crippen LogP contribution in [0.1, 0.15) is 33.6 Å². The highest BCUT2D eigenvalue weighted by Crippen LogP contribution is 2.16. The molecule has 15 heavy (non-hydrogen) atoms. The number of morpholine rings is 1. The summed E-state index contributed by atoms with van der Waals surface area (Å²) in [5.74, 6) is 0. The largest absolute Gasteiger partial charge is 0.382 e. The lowest BCUT2D eigenvalue weighted by atomic mass is 10.1. The molecule has 1 rings (SSSR count). The molecule has 0 aromatic carbocycles. The third-order valence-corrected chi connectivity index (χ3v) is 3.04. The van der Waals surface area contributed by atoms with Crippen LogP contribution >= 0.6 is 0 Å². The molecule has 0 saturated carbocycles. The molecule has 0 N–H and O–H groups in total. The SMILES string of the molecule is CCCC(C)N1CC(C)OC(COC)C1. The fourth-order valence-electron chi connectivity index (χ4n) is 2.32. The third-order valence-electron chi connectivity index (χ3n) is 3.04. The molecular formula is C12H25NO2. The lowest BCUT2D eigenvalue weighted by Crippen LogP contribution is -2.51. The maximum Gasteiger partial charge on any atom is 0.0939 e. The highest BCUT2D eigenvalue weighted by atomic mass is 16.5. The maximum absolute atomic E-state index is 5.82. The van der Waals surface area contributed by atoms with Gasteiger partial charge in [-0.25, -0.2) is 0 Å². The number of ether oxygens (including phenoxy) is 2. The summed E-state index contributed by atoms with van der Waals surface area (Å²) >= 11 is 0. The lowest BCUT2D eigenvalue weighted by molar-refractivity contribution is -0.109. The van der Waals surface area contributed by atoms with Gasteiger partial charge in [-0.1, -0.05) is 13.3 Å². The number of hydrogen-bond acceptors (Lipinski definition) is 3. The van der Waals surface area contributed by atoms with Crippen molar-refractivity contribution in [3.63, 3.8) is 0 Å². The molecule has 3 heteroatoms. The van der Waals surface area contributed by atoms with Gasteiger partial charge in [0, 0.05) is 26.2 Å². The zero-order valence-electron chi connectivity index (χ0n) is 10.5. The monoisotopic (exact) mass is 215 g/mol. The van der Waals surface area contributed by atoms with Crippen LogP contribution in [0.15, 0.2) is 0 Å². The van der Waals surface area contributed by atoms with Gasteiger partial charge in [0.2, 0.25) is 0 Å². The van der Waals surface area contributed by atoms with Crippen LogP contribution in [0, 0.1) is 0 Å². The smallest absolute Gasteiger partial charge is 0.0939 e. The Balaban J connectivity index is 2.43. The Labute approximate surface area is 93.7 Å². The van der Waals surface area contributed by atoms with Crippen molar-refractivity contribution >= 4 is 0 Å². The second-order valence-corrected chi connectivity index (χ2v) is 4.62. The predicted octanol–water partition coefficient (Wildman–Crippen LogP) is 1.91. The first-order chi connectivity index (χ1) is 7.17. The van der Waals surface area contributed by atoms with Gasteiger partial charge in [-0.3, -0.25) is 4.90 Å². The van der Waals surface area contributed by atoms with Crippen LogP contribution in [-0.2, 0) is 9.47 Å². The maximum atomic E-state index is 5.82. The summed E-state index contributed by atoms with van der Waals surface area (Å²) in [6.07, 6.45) is 3.10. The van der Waals surface area contributed by atoms with E-state index in [0.29, 0.717) is 18.8 Å². The number of methoxy groups -OCH3 is 1. The Bertz CT molecular complexity index is 175. The third kappa shape index (κ3) is 4.09. The zero-order valence-corrected chi connectivity index (χ0v) is 10.5. The second kappa shape index (κ2) is 6.46. The van der Waals surface area contributed by atoms with Crippen LogP contribution in [0.25, 0.3) is 0 Å². The summed E-state index contributed by atoms with van der Waals surface area (Å²) in [4.78, 5) is 2.53. The lowest BCUT2D eigenvalue weighted by Gasteiger charge is -2.39. The molecule has 0 aromatic rings. The molecule has 0 aromatic heterocycles. The molecule has 1 heterocycles. The number of hydrogen-bond donors (Lipinski definition) is 0. The van der Waals surface area contributed by atoms with Crippen molar-refractivity contribution in [2.75, 3.05) is 26.8 Å². The molecule has 0 spiro atoms. The molecule has 0 bridgehead atoms. The highest BCUT2D eigenvalue weighted by Gasteiger charge is 2.27. The Hall–Kier alpha value is -0.120. The standard InChI is InChI=1S/C12H25NO2/c1-5-6-10(2)13-7-11(3)15-12(8-13)9-14-4/h10-12H,5-9H2,1-4H3. The molecule has 3 atom stereocenters. The Morgan fingerprint density at radius 3 is 2.80 bits per heavy atom. The Kier molecular flexibility index (Phi) is 5.58. The molecule has 1 aliphatic heterocycles. The molecule has 3 unspecified atom stereocenters. The Morgan fingerprint density at radius 1 is 1.47 bits per heavy atom. The van der Waals surface area contributed by atoms with Gasteiger partial charge < -0.3 is 9.47 Å². The van der Waals surface area contributed by atoms with Crippen LogP contribution in [0.2, 0.25) is 0 Å². The zero-order chi connectivity index (χ0) is 11.3. The highest BCUT2D eigenvalue weighted by molar-refractivity contribution is 4.79. The van der Waals surface area contributed by atoms with Crippen LogP contribution in [0.5, 0.6) is 0 Å². The second-order valence-electron chi connectivity index (χ2n) is 4.62. The molecule has 3 nitrogen and oxygen atoms in total. The first-order valence-corrected chi connectivity index (χ1v) is 6.05. The molecule has 1 saturated heterocycles. The molecule has 0 aliphatic carbocycles. The minimum absolute atomic E-state index is 0.248. The van der Waals surface area contributed by atoms with Gasteiger partial charge in [0.1, 0.15) is 0 Å². The molecule has 0 amide bonds. The Morgan fingerprint density at radius 2 is 2.20 bits per heavy atom. The molecule has 90 valence electrons. The van der Waals surface area contributed by atoms with Gasteiger partial charge in [-0.2, -0.15) is 0 Å². The van der Waals surface area contributed by atoms with Crippen LogP contribution in [-0.4, -0.2) is 50.0 Å². The minimum atomic E-state index is 0.248. The molecule has 1 aliphatic rings. The van der Waals surface area contributed by atoms with Gasteiger partial charge in [0.15, 0.2) is 0 Å². The topological polar surface area (TPSA) is 21.7 Å². The van der Waals surface area contributed by atoms with Gasteiger partial charge in [-0.15, -0.1) is 0 Å². The first-order valence-electron chi connectivity index (χ1n) is 6.05. The van der Waals surface area contributed by atoms with E-state index in [1.54, 1.807) is 7.11 Å². The van der Waals surface area contributed by atoms with E-state index in [2.05, 4.69) is 25.7 Å². The summed E-state index contributed by atoms with van der Waals surface area (Å²) in [5, 5.41) is 0. The van der Waals surface area contributed by atoms with Crippen molar-refractivity contribution in [3.05, 3.63) is 0 Å². The van der Waals surface area contributed by atoms with E-state index >= 15 is 0 Å². The summed E-state index contributed by atoms with van der Waals surface area (Å²) in [7, 11) is 1.74. The van der Waals surface area contributed by atoms with E-state index in [4.69, 9.17) is 9.47 Å². The van der Waals surface area contributed by atoms with Crippen molar-refractivity contribution in [1.82, 2.24) is 4.90 Å². The first kappa shape index (κ1) is 12.9. The van der Waals surface area contributed by atoms with Crippen molar-refractivity contribution in [3.8, 4) is 0 Å². The summed E-state index contributed by atoms with van der Waals surface area (Å²) in [6, 6.07) is 0.667. The fraction of sp³-hybridized carbons (Fsp3) is 1.00. The van der Waals surface area contributed by atoms with Gasteiger partial charge in [0.25, 0.3) is 0 Å². The van der Waals surface area contributed by atoms with Crippen LogP contribution in [0.4, 0.5) is 0 Å². The average molecular weight is 215 g/mol. The van der Waals surface area contributed by atoms with Crippen LogP contribution in [0.3, 0.4) is 0 Å². The van der Waals surface area contributed by atoms with Gasteiger partial charge >= 0.3 is 0 Å². The van der Waals surface area contributed by atoms with E-state index < -0.39 is 0 Å². The molecule has 0 radical (unpaired) electrons. The van der Waals surface area contributed by atoms with E-state index in [9.17, 15) is 0 Å².